The van der Waals surface area contributed by atoms with E-state index in [1.54, 1.807) is 6.07 Å². The lowest BCUT2D eigenvalue weighted by Crippen LogP contribution is -2.46. The number of fused-ring (bicyclic) bond motifs is 1. The average molecular weight is 345 g/mol. The van der Waals surface area contributed by atoms with Crippen LogP contribution in [0.2, 0.25) is 0 Å². The first-order valence-electron chi connectivity index (χ1n) is 8.16. The molecule has 0 aliphatic carbocycles. The van der Waals surface area contributed by atoms with Crippen molar-refractivity contribution in [2.24, 2.45) is 5.92 Å². The molecule has 0 radical (unpaired) electrons. The van der Waals surface area contributed by atoms with Gasteiger partial charge in [-0.3, -0.25) is 9.59 Å². The number of benzene rings is 1. The molecule has 0 fully saturated rings. The second-order valence-corrected chi connectivity index (χ2v) is 6.54. The number of carboxylic acid groups (broad SMARTS) is 1. The number of hydrogen-bond donors (Lipinski definition) is 4. The van der Waals surface area contributed by atoms with E-state index < -0.39 is 23.8 Å². The van der Waals surface area contributed by atoms with Crippen molar-refractivity contribution in [2.45, 2.75) is 33.2 Å². The number of H-pyrrole nitrogens is 1. The van der Waals surface area contributed by atoms with Crippen LogP contribution in [-0.2, 0) is 9.59 Å². The highest BCUT2D eigenvalue weighted by atomic mass is 16.4. The van der Waals surface area contributed by atoms with E-state index in [2.05, 4.69) is 15.6 Å². The minimum Gasteiger partial charge on any atom is -0.480 e. The molecule has 2 rings (SSSR count). The van der Waals surface area contributed by atoms with Gasteiger partial charge < -0.3 is 20.7 Å². The predicted octanol–water partition coefficient (Wildman–Crippen LogP) is 1.82. The number of carbonyl (C=O) groups excluding carboxylic acids is 2. The van der Waals surface area contributed by atoms with E-state index in [1.165, 1.54) is 0 Å². The normalized spacial score (nSPS) is 12.2. The minimum absolute atomic E-state index is 0.130. The van der Waals surface area contributed by atoms with Gasteiger partial charge in [-0.15, -0.1) is 0 Å². The molecule has 7 heteroatoms. The first kappa shape index (κ1) is 18.5. The van der Waals surface area contributed by atoms with Crippen LogP contribution in [0.15, 0.2) is 24.3 Å². The molecule has 2 amide bonds. The summed E-state index contributed by atoms with van der Waals surface area (Å²) in [6.07, 6.45) is 0.330. The molecule has 0 aliphatic heterocycles. The zero-order valence-electron chi connectivity index (χ0n) is 14.6. The molecule has 134 valence electrons. The summed E-state index contributed by atoms with van der Waals surface area (Å²) >= 11 is 0. The van der Waals surface area contributed by atoms with Crippen molar-refractivity contribution >= 4 is 28.7 Å². The van der Waals surface area contributed by atoms with Crippen LogP contribution in [0.4, 0.5) is 0 Å². The monoisotopic (exact) mass is 345 g/mol. The first-order chi connectivity index (χ1) is 11.8. The topological polar surface area (TPSA) is 111 Å². The maximum absolute atomic E-state index is 12.2. The van der Waals surface area contributed by atoms with E-state index in [9.17, 15) is 14.4 Å². The van der Waals surface area contributed by atoms with E-state index in [4.69, 9.17) is 5.11 Å². The Balaban J connectivity index is 1.93. The summed E-state index contributed by atoms with van der Waals surface area (Å²) in [6, 6.07) is 6.55. The molecule has 2 aromatic rings. The fourth-order valence-corrected chi connectivity index (χ4v) is 2.56. The van der Waals surface area contributed by atoms with Gasteiger partial charge in [-0.2, -0.15) is 0 Å². The van der Waals surface area contributed by atoms with Crippen LogP contribution >= 0.6 is 0 Å². The second-order valence-electron chi connectivity index (χ2n) is 6.54. The highest BCUT2D eigenvalue weighted by Gasteiger charge is 2.21. The zero-order chi connectivity index (χ0) is 18.6. The summed E-state index contributed by atoms with van der Waals surface area (Å²) in [4.78, 5) is 38.2. The average Bonchev–Trinajstić information content (AvgIpc) is 2.94. The summed E-state index contributed by atoms with van der Waals surface area (Å²) in [5, 5.41) is 15.0. The van der Waals surface area contributed by atoms with Gasteiger partial charge in [0.1, 0.15) is 11.7 Å². The van der Waals surface area contributed by atoms with Crippen molar-refractivity contribution in [1.29, 1.82) is 0 Å². The largest absolute Gasteiger partial charge is 0.480 e. The summed E-state index contributed by atoms with van der Waals surface area (Å²) in [6.45, 7) is 5.43. The Kier molecular flexibility index (Phi) is 5.80. The van der Waals surface area contributed by atoms with Crippen LogP contribution < -0.4 is 10.6 Å². The van der Waals surface area contributed by atoms with E-state index in [1.807, 2.05) is 39.0 Å². The lowest BCUT2D eigenvalue weighted by molar-refractivity contribution is -0.142. The summed E-state index contributed by atoms with van der Waals surface area (Å²) in [5.41, 5.74) is 2.27. The quantitative estimate of drug-likeness (QED) is 0.613. The van der Waals surface area contributed by atoms with Gasteiger partial charge in [0, 0.05) is 10.9 Å². The number of hydrogen-bond acceptors (Lipinski definition) is 3. The van der Waals surface area contributed by atoms with Gasteiger partial charge in [0.15, 0.2) is 0 Å². The molecule has 25 heavy (non-hydrogen) atoms. The van der Waals surface area contributed by atoms with Crippen molar-refractivity contribution in [3.63, 3.8) is 0 Å². The van der Waals surface area contributed by atoms with E-state index >= 15 is 0 Å². The van der Waals surface area contributed by atoms with Gasteiger partial charge in [0.25, 0.3) is 5.91 Å². The fraction of sp³-hybridized carbons (Fsp3) is 0.389. The third-order valence-corrected chi connectivity index (χ3v) is 3.77. The summed E-state index contributed by atoms with van der Waals surface area (Å²) < 4.78 is 0. The minimum atomic E-state index is -1.08. The smallest absolute Gasteiger partial charge is 0.326 e. The molecule has 0 unspecified atom stereocenters. The molecule has 1 atom stereocenters. The van der Waals surface area contributed by atoms with Gasteiger partial charge in [0.2, 0.25) is 5.91 Å². The number of aryl methyl sites for hydroxylation is 1. The van der Waals surface area contributed by atoms with E-state index in [-0.39, 0.29) is 12.5 Å². The Hall–Kier alpha value is -2.83. The first-order valence-corrected chi connectivity index (χ1v) is 8.16. The molecule has 0 aliphatic rings. The van der Waals surface area contributed by atoms with Crippen LogP contribution in [0.25, 0.3) is 10.9 Å². The predicted molar refractivity (Wildman–Crippen MR) is 94.4 cm³/mol. The Morgan fingerprint density at radius 1 is 1.20 bits per heavy atom. The zero-order valence-corrected chi connectivity index (χ0v) is 14.6. The lowest BCUT2D eigenvalue weighted by atomic mass is 10.0. The third-order valence-electron chi connectivity index (χ3n) is 3.77. The van der Waals surface area contributed by atoms with Gasteiger partial charge in [-0.1, -0.05) is 26.0 Å². The Morgan fingerprint density at radius 3 is 2.56 bits per heavy atom. The number of aromatic amines is 1. The number of aromatic nitrogens is 1. The number of aliphatic carboxylic acids is 1. The number of nitrogens with one attached hydrogen (secondary N) is 3. The van der Waals surface area contributed by atoms with Gasteiger partial charge in [-0.05, 0) is 37.0 Å². The van der Waals surface area contributed by atoms with Crippen molar-refractivity contribution in [2.75, 3.05) is 6.54 Å². The van der Waals surface area contributed by atoms with Gasteiger partial charge in [-0.25, -0.2) is 4.79 Å². The number of amides is 2. The van der Waals surface area contributed by atoms with E-state index in [0.29, 0.717) is 12.1 Å². The Bertz CT molecular complexity index is 795. The molecule has 0 saturated carbocycles. The molecular weight excluding hydrogens is 322 g/mol. The molecule has 1 aromatic heterocycles. The lowest BCUT2D eigenvalue weighted by Gasteiger charge is -2.16. The molecular formula is C18H23N3O4. The standard InChI is InChI=1S/C18H23N3O4/c1-10(2)6-15(18(24)25)21-16(22)9-19-17(23)14-8-12-5-4-11(3)7-13(12)20-14/h4-5,7-8,10,15,20H,6,9H2,1-3H3,(H,19,23)(H,21,22)(H,24,25)/t15-/m0/s1. The maximum atomic E-state index is 12.2. The van der Waals surface area contributed by atoms with Crippen LogP contribution in [0.3, 0.4) is 0 Å². The van der Waals surface area contributed by atoms with Crippen LogP contribution in [0.1, 0.15) is 36.3 Å². The third kappa shape index (κ3) is 5.07. The molecule has 1 aromatic carbocycles. The van der Waals surface area contributed by atoms with Crippen molar-refractivity contribution < 1.29 is 19.5 Å². The summed E-state index contributed by atoms with van der Waals surface area (Å²) in [5.74, 6) is -1.90. The second kappa shape index (κ2) is 7.83. The number of carbonyl (C=O) groups is 3. The van der Waals surface area contributed by atoms with Crippen LogP contribution in [0, 0.1) is 12.8 Å². The fourth-order valence-electron chi connectivity index (χ4n) is 2.56. The molecule has 0 bridgehead atoms. The Labute approximate surface area is 145 Å². The van der Waals surface area contributed by atoms with Gasteiger partial charge in [0.05, 0.1) is 6.54 Å². The molecule has 0 saturated heterocycles. The van der Waals surface area contributed by atoms with Crippen LogP contribution in [-0.4, -0.2) is 40.5 Å². The Morgan fingerprint density at radius 2 is 1.92 bits per heavy atom. The van der Waals surface area contributed by atoms with E-state index in [0.717, 1.165) is 16.5 Å². The highest BCUT2D eigenvalue weighted by Crippen LogP contribution is 2.16. The molecule has 0 spiro atoms. The maximum Gasteiger partial charge on any atom is 0.326 e. The van der Waals surface area contributed by atoms with Crippen LogP contribution in [0.5, 0.6) is 0 Å². The summed E-state index contributed by atoms with van der Waals surface area (Å²) in [7, 11) is 0. The SMILES string of the molecule is Cc1ccc2cc(C(=O)NCC(=O)N[C@@H](CC(C)C)C(=O)O)[nH]c2c1. The number of rotatable bonds is 7. The highest BCUT2D eigenvalue weighted by molar-refractivity contribution is 5.99. The van der Waals surface area contributed by atoms with Gasteiger partial charge >= 0.3 is 5.97 Å². The van der Waals surface area contributed by atoms with Crippen molar-refractivity contribution in [3.05, 3.63) is 35.5 Å². The molecule has 4 N–H and O–H groups in total. The molecule has 1 heterocycles. The van der Waals surface area contributed by atoms with Crippen molar-refractivity contribution in [1.82, 2.24) is 15.6 Å². The number of carboxylic acids is 1. The molecule has 7 nitrogen and oxygen atoms in total. The van der Waals surface area contributed by atoms with Crippen molar-refractivity contribution in [3.8, 4) is 0 Å².